The molecule has 1 heterocycles. The molecule has 3 heteroatoms. The van der Waals surface area contributed by atoms with Crippen LogP contribution in [0.3, 0.4) is 0 Å². The van der Waals surface area contributed by atoms with E-state index in [0.717, 1.165) is 44.7 Å². The van der Waals surface area contributed by atoms with Crippen LogP contribution in [0, 0.1) is 17.3 Å². The standard InChI is InChI=1S/C17H32N2O/c1-16(2,3)14-7-5-13(6-8-14)15(20)19-17(4)9-11-18-12-10-17/h13-14,18H,5-12H2,1-4H3,(H,19,20). The van der Waals surface area contributed by atoms with Crippen molar-refractivity contribution in [2.75, 3.05) is 13.1 Å². The first-order chi connectivity index (χ1) is 9.30. The van der Waals surface area contributed by atoms with Crippen molar-refractivity contribution in [1.82, 2.24) is 10.6 Å². The maximum atomic E-state index is 12.5. The molecule has 1 aliphatic heterocycles. The van der Waals surface area contributed by atoms with Crippen molar-refractivity contribution >= 4 is 5.91 Å². The van der Waals surface area contributed by atoms with Crippen LogP contribution in [0.25, 0.3) is 0 Å². The van der Waals surface area contributed by atoms with Gasteiger partial charge >= 0.3 is 0 Å². The number of carbonyl (C=O) groups excluding carboxylic acids is 1. The van der Waals surface area contributed by atoms with Gasteiger partial charge < -0.3 is 10.6 Å². The monoisotopic (exact) mass is 280 g/mol. The summed E-state index contributed by atoms with van der Waals surface area (Å²) in [6.45, 7) is 11.2. The van der Waals surface area contributed by atoms with Crippen LogP contribution in [-0.2, 0) is 4.79 Å². The van der Waals surface area contributed by atoms with Gasteiger partial charge in [-0.3, -0.25) is 4.79 Å². The molecule has 0 spiro atoms. The Morgan fingerprint density at radius 3 is 2.15 bits per heavy atom. The number of carbonyl (C=O) groups is 1. The second-order valence-electron chi connectivity index (χ2n) is 8.21. The minimum absolute atomic E-state index is 0.0171. The van der Waals surface area contributed by atoms with E-state index in [0.29, 0.717) is 11.3 Å². The Labute approximate surface area is 124 Å². The minimum Gasteiger partial charge on any atom is -0.351 e. The van der Waals surface area contributed by atoms with Gasteiger partial charge in [0.1, 0.15) is 0 Å². The highest BCUT2D eigenvalue weighted by Gasteiger charge is 2.35. The first kappa shape index (κ1) is 15.8. The quantitative estimate of drug-likeness (QED) is 0.816. The molecular weight excluding hydrogens is 248 g/mol. The Kier molecular flexibility index (Phi) is 4.78. The second-order valence-corrected chi connectivity index (χ2v) is 8.21. The number of piperidine rings is 1. The molecule has 0 aromatic carbocycles. The highest BCUT2D eigenvalue weighted by molar-refractivity contribution is 5.79. The van der Waals surface area contributed by atoms with E-state index in [4.69, 9.17) is 0 Å². The Balaban J connectivity index is 1.83. The van der Waals surface area contributed by atoms with E-state index < -0.39 is 0 Å². The third-order valence-electron chi connectivity index (χ3n) is 5.45. The molecule has 20 heavy (non-hydrogen) atoms. The summed E-state index contributed by atoms with van der Waals surface area (Å²) in [5.74, 6) is 1.34. The lowest BCUT2D eigenvalue weighted by Crippen LogP contribution is -2.54. The molecule has 1 aliphatic carbocycles. The molecule has 2 N–H and O–H groups in total. The lowest BCUT2D eigenvalue weighted by molar-refractivity contribution is -0.128. The van der Waals surface area contributed by atoms with Gasteiger partial charge in [0.15, 0.2) is 0 Å². The molecule has 3 nitrogen and oxygen atoms in total. The number of hydrogen-bond donors (Lipinski definition) is 2. The molecule has 0 radical (unpaired) electrons. The summed E-state index contributed by atoms with van der Waals surface area (Å²) in [6.07, 6.45) is 6.66. The number of hydrogen-bond acceptors (Lipinski definition) is 2. The fourth-order valence-corrected chi connectivity index (χ4v) is 3.72. The van der Waals surface area contributed by atoms with Crippen molar-refractivity contribution in [3.8, 4) is 0 Å². The van der Waals surface area contributed by atoms with E-state index in [-0.39, 0.29) is 11.5 Å². The zero-order valence-electron chi connectivity index (χ0n) is 13.7. The maximum Gasteiger partial charge on any atom is 0.223 e. The van der Waals surface area contributed by atoms with Crippen molar-refractivity contribution in [2.24, 2.45) is 17.3 Å². The lowest BCUT2D eigenvalue weighted by atomic mass is 9.69. The molecule has 2 fully saturated rings. The molecule has 2 aliphatic rings. The van der Waals surface area contributed by atoms with Gasteiger partial charge in [0.05, 0.1) is 0 Å². The molecular formula is C17H32N2O. The topological polar surface area (TPSA) is 41.1 Å². The van der Waals surface area contributed by atoms with Crippen molar-refractivity contribution in [3.63, 3.8) is 0 Å². The zero-order valence-corrected chi connectivity index (χ0v) is 13.7. The predicted molar refractivity (Wildman–Crippen MR) is 83.6 cm³/mol. The summed E-state index contributed by atoms with van der Waals surface area (Å²) in [5.41, 5.74) is 0.408. The smallest absolute Gasteiger partial charge is 0.223 e. The Bertz CT molecular complexity index is 331. The second kappa shape index (κ2) is 6.05. The summed E-state index contributed by atoms with van der Waals surface area (Å²) in [4.78, 5) is 12.5. The highest BCUT2D eigenvalue weighted by Crippen LogP contribution is 2.40. The van der Waals surface area contributed by atoms with Gasteiger partial charge in [0, 0.05) is 11.5 Å². The summed E-state index contributed by atoms with van der Waals surface area (Å²) >= 11 is 0. The Morgan fingerprint density at radius 2 is 1.65 bits per heavy atom. The van der Waals surface area contributed by atoms with Gasteiger partial charge in [-0.1, -0.05) is 20.8 Å². The first-order valence-corrected chi connectivity index (χ1v) is 8.33. The molecule has 116 valence electrons. The highest BCUT2D eigenvalue weighted by atomic mass is 16.2. The van der Waals surface area contributed by atoms with Crippen LogP contribution in [0.5, 0.6) is 0 Å². The molecule has 0 aromatic heterocycles. The van der Waals surface area contributed by atoms with Gasteiger partial charge in [-0.25, -0.2) is 0 Å². The Morgan fingerprint density at radius 1 is 1.10 bits per heavy atom. The van der Waals surface area contributed by atoms with E-state index in [1.54, 1.807) is 0 Å². The van der Waals surface area contributed by atoms with Crippen molar-refractivity contribution < 1.29 is 4.79 Å². The third kappa shape index (κ3) is 3.97. The fraction of sp³-hybridized carbons (Fsp3) is 0.941. The Hall–Kier alpha value is -0.570. The SMILES string of the molecule is CC1(NC(=O)C2CCC(C(C)(C)C)CC2)CCNCC1. The number of rotatable bonds is 2. The summed E-state index contributed by atoms with van der Waals surface area (Å²) in [7, 11) is 0. The molecule has 2 rings (SSSR count). The van der Waals surface area contributed by atoms with Crippen LogP contribution in [0.4, 0.5) is 0 Å². The van der Waals surface area contributed by atoms with Crippen molar-refractivity contribution in [2.45, 2.75) is 71.8 Å². The van der Waals surface area contributed by atoms with Crippen LogP contribution in [-0.4, -0.2) is 24.5 Å². The lowest BCUT2D eigenvalue weighted by Gasteiger charge is -2.39. The largest absolute Gasteiger partial charge is 0.351 e. The summed E-state index contributed by atoms with van der Waals surface area (Å²) in [6, 6.07) is 0. The van der Waals surface area contributed by atoms with Gasteiger partial charge in [0.25, 0.3) is 0 Å². The number of nitrogens with one attached hydrogen (secondary N) is 2. The predicted octanol–water partition coefficient (Wildman–Crippen LogP) is 3.10. The van der Waals surface area contributed by atoms with Crippen LogP contribution in [0.15, 0.2) is 0 Å². The summed E-state index contributed by atoms with van der Waals surface area (Å²) in [5, 5.41) is 6.70. The normalized spacial score (nSPS) is 30.8. The average molecular weight is 280 g/mol. The molecule has 0 aromatic rings. The van der Waals surface area contributed by atoms with E-state index in [1.165, 1.54) is 12.8 Å². The molecule has 0 bridgehead atoms. The van der Waals surface area contributed by atoms with Crippen LogP contribution < -0.4 is 10.6 Å². The van der Waals surface area contributed by atoms with Gasteiger partial charge in [-0.15, -0.1) is 0 Å². The van der Waals surface area contributed by atoms with Gasteiger partial charge in [0.2, 0.25) is 5.91 Å². The van der Waals surface area contributed by atoms with E-state index >= 15 is 0 Å². The number of amides is 1. The fourth-order valence-electron chi connectivity index (χ4n) is 3.72. The van der Waals surface area contributed by atoms with Gasteiger partial charge in [-0.05, 0) is 69.9 Å². The van der Waals surface area contributed by atoms with Crippen molar-refractivity contribution in [3.05, 3.63) is 0 Å². The first-order valence-electron chi connectivity index (χ1n) is 8.33. The molecule has 0 atom stereocenters. The van der Waals surface area contributed by atoms with Crippen LogP contribution >= 0.6 is 0 Å². The minimum atomic E-state index is 0.0171. The van der Waals surface area contributed by atoms with Crippen LogP contribution in [0.1, 0.15) is 66.2 Å². The van der Waals surface area contributed by atoms with E-state index in [9.17, 15) is 4.79 Å². The van der Waals surface area contributed by atoms with E-state index in [1.807, 2.05) is 0 Å². The average Bonchev–Trinajstić information content (AvgIpc) is 2.38. The zero-order chi connectivity index (χ0) is 14.8. The molecule has 1 saturated carbocycles. The maximum absolute atomic E-state index is 12.5. The van der Waals surface area contributed by atoms with Gasteiger partial charge in [-0.2, -0.15) is 0 Å². The summed E-state index contributed by atoms with van der Waals surface area (Å²) < 4.78 is 0. The third-order valence-corrected chi connectivity index (χ3v) is 5.45. The van der Waals surface area contributed by atoms with Crippen molar-refractivity contribution in [1.29, 1.82) is 0 Å². The van der Waals surface area contributed by atoms with E-state index in [2.05, 4.69) is 38.3 Å². The molecule has 1 saturated heterocycles. The van der Waals surface area contributed by atoms with Crippen LogP contribution in [0.2, 0.25) is 0 Å². The molecule has 1 amide bonds. The molecule has 0 unspecified atom stereocenters.